The average Bonchev–Trinajstić information content (AvgIpc) is 2.56. The Hall–Kier alpha value is -0.810. The molecule has 0 spiro atoms. The minimum atomic E-state index is -3.05. The first kappa shape index (κ1) is 11.3. The van der Waals surface area contributed by atoms with Crippen LogP contribution in [0.1, 0.15) is 18.9 Å². The maximum atomic E-state index is 11.2. The Morgan fingerprint density at radius 3 is 2.86 bits per heavy atom. The molecule has 2 N–H and O–H groups in total. The van der Waals surface area contributed by atoms with Gasteiger partial charge < -0.3 is 4.98 Å². The molecule has 0 aromatic carbocycles. The molecule has 0 amide bonds. The number of hydrogen-bond donors (Lipinski definition) is 2. The highest BCUT2D eigenvalue weighted by Gasteiger charge is 2.06. The molecular formula is C9H16N2O2S. The summed E-state index contributed by atoms with van der Waals surface area (Å²) >= 11 is 0. The van der Waals surface area contributed by atoms with Crippen LogP contribution in [-0.4, -0.2) is 25.7 Å². The second-order valence-corrected chi connectivity index (χ2v) is 5.11. The van der Waals surface area contributed by atoms with Crippen molar-refractivity contribution in [2.24, 2.45) is 0 Å². The molecule has 1 heterocycles. The second-order valence-electron chi connectivity index (χ2n) is 3.18. The highest BCUT2D eigenvalue weighted by molar-refractivity contribution is 7.89. The lowest BCUT2D eigenvalue weighted by molar-refractivity contribution is 0.580. The van der Waals surface area contributed by atoms with Gasteiger partial charge in [-0.3, -0.25) is 0 Å². The zero-order valence-electron chi connectivity index (χ0n) is 8.29. The summed E-state index contributed by atoms with van der Waals surface area (Å²) in [7, 11) is -3.05. The molecule has 0 saturated carbocycles. The summed E-state index contributed by atoms with van der Waals surface area (Å²) < 4.78 is 25.0. The zero-order valence-corrected chi connectivity index (χ0v) is 9.10. The molecule has 0 aliphatic rings. The van der Waals surface area contributed by atoms with Crippen LogP contribution in [0.2, 0.25) is 0 Å². The molecule has 0 bridgehead atoms. The summed E-state index contributed by atoms with van der Waals surface area (Å²) in [6.07, 6.45) is 5.08. The molecular weight excluding hydrogens is 200 g/mol. The van der Waals surface area contributed by atoms with Crippen LogP contribution in [0.15, 0.2) is 18.5 Å². The second kappa shape index (κ2) is 5.17. The predicted octanol–water partition coefficient (Wildman–Crippen LogP) is 0.887. The monoisotopic (exact) mass is 216 g/mol. The van der Waals surface area contributed by atoms with E-state index < -0.39 is 10.0 Å². The molecule has 0 aliphatic heterocycles. The van der Waals surface area contributed by atoms with Crippen LogP contribution in [0.25, 0.3) is 0 Å². The lowest BCUT2D eigenvalue weighted by Crippen LogP contribution is -2.28. The topological polar surface area (TPSA) is 62.0 Å². The number of nitrogens with one attached hydrogen (secondary N) is 2. The largest absolute Gasteiger partial charge is 0.367 e. The molecule has 0 fully saturated rings. The molecule has 1 aromatic rings. The van der Waals surface area contributed by atoms with E-state index in [9.17, 15) is 8.42 Å². The van der Waals surface area contributed by atoms with Crippen molar-refractivity contribution in [1.29, 1.82) is 0 Å². The first-order valence-corrected chi connectivity index (χ1v) is 6.38. The van der Waals surface area contributed by atoms with Gasteiger partial charge in [-0.15, -0.1) is 0 Å². The van der Waals surface area contributed by atoms with Crippen molar-refractivity contribution in [2.45, 2.75) is 19.8 Å². The molecule has 0 saturated heterocycles. The molecule has 0 aliphatic carbocycles. The van der Waals surface area contributed by atoms with Crippen molar-refractivity contribution < 1.29 is 8.42 Å². The summed E-state index contributed by atoms with van der Waals surface area (Å²) in [4.78, 5) is 2.93. The van der Waals surface area contributed by atoms with Gasteiger partial charge in [-0.2, -0.15) is 0 Å². The van der Waals surface area contributed by atoms with Crippen LogP contribution < -0.4 is 4.72 Å². The quantitative estimate of drug-likeness (QED) is 0.741. The summed E-state index contributed by atoms with van der Waals surface area (Å²) in [6, 6.07) is 1.94. The van der Waals surface area contributed by atoms with E-state index in [1.54, 1.807) is 0 Å². The molecule has 5 heteroatoms. The molecule has 0 radical (unpaired) electrons. The van der Waals surface area contributed by atoms with Crippen LogP contribution in [0.4, 0.5) is 0 Å². The SMILES string of the molecule is CCCS(=O)(=O)NCCc1cc[nH]c1. The Balaban J connectivity index is 2.28. The maximum Gasteiger partial charge on any atom is 0.211 e. The Kier molecular flexibility index (Phi) is 4.16. The maximum absolute atomic E-state index is 11.2. The van der Waals surface area contributed by atoms with E-state index in [-0.39, 0.29) is 5.75 Å². The van der Waals surface area contributed by atoms with Crippen molar-refractivity contribution in [2.75, 3.05) is 12.3 Å². The smallest absolute Gasteiger partial charge is 0.211 e. The zero-order chi connectivity index (χ0) is 10.4. The predicted molar refractivity (Wildman–Crippen MR) is 56.6 cm³/mol. The average molecular weight is 216 g/mol. The molecule has 80 valence electrons. The number of sulfonamides is 1. The van der Waals surface area contributed by atoms with Gasteiger partial charge in [0, 0.05) is 18.9 Å². The van der Waals surface area contributed by atoms with E-state index in [0.717, 1.165) is 12.0 Å². The minimum Gasteiger partial charge on any atom is -0.367 e. The van der Waals surface area contributed by atoms with Crippen LogP contribution in [0.3, 0.4) is 0 Å². The third-order valence-corrected chi connectivity index (χ3v) is 3.46. The van der Waals surface area contributed by atoms with Gasteiger partial charge in [-0.25, -0.2) is 13.1 Å². The summed E-state index contributed by atoms with van der Waals surface area (Å²) in [5.41, 5.74) is 1.11. The number of hydrogen-bond acceptors (Lipinski definition) is 2. The molecule has 1 rings (SSSR count). The van der Waals surface area contributed by atoms with E-state index in [0.29, 0.717) is 13.0 Å². The fraction of sp³-hybridized carbons (Fsp3) is 0.556. The van der Waals surface area contributed by atoms with Crippen LogP contribution in [-0.2, 0) is 16.4 Å². The van der Waals surface area contributed by atoms with Gasteiger partial charge in [0.1, 0.15) is 0 Å². The summed E-state index contributed by atoms with van der Waals surface area (Å²) in [5.74, 6) is 0.208. The van der Waals surface area contributed by atoms with Gasteiger partial charge in [0.15, 0.2) is 0 Å². The normalized spacial score (nSPS) is 11.8. The van der Waals surface area contributed by atoms with Gasteiger partial charge >= 0.3 is 0 Å². The number of rotatable bonds is 6. The van der Waals surface area contributed by atoms with Gasteiger partial charge in [0.05, 0.1) is 5.75 Å². The number of aromatic amines is 1. The Labute approximate surface area is 84.8 Å². The van der Waals surface area contributed by atoms with E-state index in [2.05, 4.69) is 9.71 Å². The van der Waals surface area contributed by atoms with Crippen molar-refractivity contribution in [3.05, 3.63) is 24.0 Å². The third-order valence-electron chi connectivity index (χ3n) is 1.87. The van der Waals surface area contributed by atoms with Crippen LogP contribution in [0.5, 0.6) is 0 Å². The molecule has 0 unspecified atom stereocenters. The first-order chi connectivity index (χ1) is 6.64. The Morgan fingerprint density at radius 1 is 1.50 bits per heavy atom. The van der Waals surface area contributed by atoms with Crippen molar-refractivity contribution >= 4 is 10.0 Å². The lowest BCUT2D eigenvalue weighted by Gasteiger charge is -2.03. The fourth-order valence-corrected chi connectivity index (χ4v) is 2.30. The number of aromatic nitrogens is 1. The molecule has 0 atom stereocenters. The van der Waals surface area contributed by atoms with E-state index in [1.807, 2.05) is 25.4 Å². The van der Waals surface area contributed by atoms with E-state index >= 15 is 0 Å². The fourth-order valence-electron chi connectivity index (χ4n) is 1.21. The minimum absolute atomic E-state index is 0.208. The Morgan fingerprint density at radius 2 is 2.29 bits per heavy atom. The van der Waals surface area contributed by atoms with Gasteiger partial charge in [0.25, 0.3) is 0 Å². The highest BCUT2D eigenvalue weighted by Crippen LogP contribution is 1.97. The van der Waals surface area contributed by atoms with Gasteiger partial charge in [0.2, 0.25) is 10.0 Å². The van der Waals surface area contributed by atoms with Crippen LogP contribution in [0, 0.1) is 0 Å². The molecule has 14 heavy (non-hydrogen) atoms. The van der Waals surface area contributed by atoms with Gasteiger partial charge in [-0.05, 0) is 24.5 Å². The first-order valence-electron chi connectivity index (χ1n) is 4.73. The van der Waals surface area contributed by atoms with Crippen molar-refractivity contribution in [3.8, 4) is 0 Å². The van der Waals surface area contributed by atoms with Crippen molar-refractivity contribution in [3.63, 3.8) is 0 Å². The number of H-pyrrole nitrogens is 1. The van der Waals surface area contributed by atoms with Crippen molar-refractivity contribution in [1.82, 2.24) is 9.71 Å². The molecule has 4 nitrogen and oxygen atoms in total. The van der Waals surface area contributed by atoms with Gasteiger partial charge in [-0.1, -0.05) is 6.92 Å². The summed E-state index contributed by atoms with van der Waals surface area (Å²) in [5, 5.41) is 0. The lowest BCUT2D eigenvalue weighted by atomic mass is 10.2. The highest BCUT2D eigenvalue weighted by atomic mass is 32.2. The van der Waals surface area contributed by atoms with E-state index in [4.69, 9.17) is 0 Å². The summed E-state index contributed by atoms with van der Waals surface area (Å²) in [6.45, 7) is 2.32. The van der Waals surface area contributed by atoms with Crippen LogP contribution >= 0.6 is 0 Å². The van der Waals surface area contributed by atoms with E-state index in [1.165, 1.54) is 0 Å². The molecule has 1 aromatic heterocycles. The third kappa shape index (κ3) is 3.93. The Bertz CT molecular complexity index is 343. The standard InChI is InChI=1S/C9H16N2O2S/c1-2-7-14(12,13)11-6-4-9-3-5-10-8-9/h3,5,8,10-11H,2,4,6-7H2,1H3.